The Morgan fingerprint density at radius 3 is 2.45 bits per heavy atom. The van der Waals surface area contributed by atoms with Gasteiger partial charge in [0, 0.05) is 12.1 Å². The summed E-state index contributed by atoms with van der Waals surface area (Å²) in [6.45, 7) is 7.32. The Labute approximate surface area is 195 Å². The second-order valence-corrected chi connectivity index (χ2v) is 11.3. The van der Waals surface area contributed by atoms with E-state index in [1.54, 1.807) is 6.07 Å². The smallest absolute Gasteiger partial charge is 0.407 e. The average molecular weight is 449 g/mol. The lowest BCUT2D eigenvalue weighted by Gasteiger charge is -2.44. The number of alkyl carbamates (subject to hydrolysis) is 1. The molecule has 4 nitrogen and oxygen atoms in total. The third kappa shape index (κ3) is 3.95. The fourth-order valence-electron chi connectivity index (χ4n) is 6.25. The average Bonchev–Trinajstić information content (AvgIpc) is 3.61. The molecular formula is C28H33FN2O2. The molecule has 0 radical (unpaired) electrons. The number of hydrogen-bond acceptors (Lipinski definition) is 3. The van der Waals surface area contributed by atoms with Crippen LogP contribution in [0, 0.1) is 17.2 Å². The number of amides is 1. The summed E-state index contributed by atoms with van der Waals surface area (Å²) in [7, 11) is 0. The van der Waals surface area contributed by atoms with E-state index in [-0.39, 0.29) is 29.5 Å². The van der Waals surface area contributed by atoms with Crippen molar-refractivity contribution < 1.29 is 13.9 Å². The van der Waals surface area contributed by atoms with E-state index in [0.717, 1.165) is 55.6 Å². The van der Waals surface area contributed by atoms with E-state index in [1.165, 1.54) is 18.4 Å². The third-order valence-corrected chi connectivity index (χ3v) is 8.35. The Morgan fingerprint density at radius 1 is 1.09 bits per heavy atom. The van der Waals surface area contributed by atoms with Gasteiger partial charge in [-0.3, -0.25) is 4.90 Å². The minimum absolute atomic E-state index is 0.0331. The molecule has 4 fully saturated rings. The number of nitrogens with zero attached hydrogens (tertiary/aromatic N) is 1. The number of ether oxygens (including phenoxy) is 1. The number of fused-ring (bicyclic) bond motifs is 4. The lowest BCUT2D eigenvalue weighted by molar-refractivity contribution is -0.0349. The molecule has 3 heterocycles. The Bertz CT molecular complexity index is 1070. The molecule has 2 aliphatic carbocycles. The number of hydrogen-bond donors (Lipinski definition) is 1. The van der Waals surface area contributed by atoms with Crippen LogP contribution in [0.1, 0.15) is 68.2 Å². The molecule has 3 saturated heterocycles. The highest BCUT2D eigenvalue weighted by molar-refractivity contribution is 5.70. The summed E-state index contributed by atoms with van der Waals surface area (Å²) in [4.78, 5) is 15.2. The first-order chi connectivity index (χ1) is 15.9. The van der Waals surface area contributed by atoms with Gasteiger partial charge in [-0.05, 0) is 96.8 Å². The fraction of sp³-hybridized carbons (Fsp3) is 0.536. The minimum Gasteiger partial charge on any atom is -0.445 e. The highest BCUT2D eigenvalue weighted by Gasteiger charge is 2.42. The summed E-state index contributed by atoms with van der Waals surface area (Å²) in [6.07, 6.45) is 5.11. The highest BCUT2D eigenvalue weighted by atomic mass is 19.1. The lowest BCUT2D eigenvalue weighted by Crippen LogP contribution is -2.53. The molecule has 2 aromatic rings. The van der Waals surface area contributed by atoms with Gasteiger partial charge < -0.3 is 10.1 Å². The zero-order valence-electron chi connectivity index (χ0n) is 19.6. The highest BCUT2D eigenvalue weighted by Crippen LogP contribution is 2.47. The van der Waals surface area contributed by atoms with Crippen LogP contribution in [0.15, 0.2) is 36.4 Å². The van der Waals surface area contributed by atoms with Crippen molar-refractivity contribution in [3.63, 3.8) is 0 Å². The first kappa shape index (κ1) is 21.2. The van der Waals surface area contributed by atoms with Gasteiger partial charge in [-0.2, -0.15) is 0 Å². The number of piperidine rings is 3. The first-order valence-corrected chi connectivity index (χ1v) is 12.5. The SMILES string of the molecule is CC1(C)Cc2cc(-c3ccc(C4CC4)cc3)c(F)cc2C1NC(=O)O[C@@H]1CN2CCC1CC2. The Hall–Kier alpha value is -2.40. The van der Waals surface area contributed by atoms with Gasteiger partial charge in [0.05, 0.1) is 6.04 Å². The molecule has 5 aliphatic rings. The number of carbonyl (C=O) groups excluding carboxylic acids is 1. The predicted molar refractivity (Wildman–Crippen MR) is 127 cm³/mol. The molecule has 1 amide bonds. The molecule has 174 valence electrons. The standard InChI is InChI=1S/C28H33FN2O2/c1-28(2)15-21-13-22(19-7-5-18(6-8-19)17-3-4-17)24(29)14-23(21)26(28)30-27(32)33-25-16-31-11-9-20(25)10-12-31/h5-8,13-14,17,20,25-26H,3-4,9-12,15-16H2,1-2H3,(H,30,32)/t25-,26?/m1/s1. The van der Waals surface area contributed by atoms with Crippen molar-refractivity contribution in [3.8, 4) is 11.1 Å². The van der Waals surface area contributed by atoms with E-state index < -0.39 is 0 Å². The molecule has 2 atom stereocenters. The summed E-state index contributed by atoms with van der Waals surface area (Å²) in [5.74, 6) is 0.927. The van der Waals surface area contributed by atoms with Crippen LogP contribution >= 0.6 is 0 Å². The van der Waals surface area contributed by atoms with E-state index in [9.17, 15) is 4.79 Å². The zero-order valence-corrected chi connectivity index (χ0v) is 19.6. The maximum absolute atomic E-state index is 15.3. The van der Waals surface area contributed by atoms with Crippen LogP contribution < -0.4 is 5.32 Å². The molecule has 2 aromatic carbocycles. The van der Waals surface area contributed by atoms with Gasteiger partial charge in [0.2, 0.25) is 0 Å². The van der Waals surface area contributed by atoms with Crippen molar-refractivity contribution in [2.75, 3.05) is 19.6 Å². The molecule has 5 heteroatoms. The van der Waals surface area contributed by atoms with Crippen molar-refractivity contribution in [2.45, 2.75) is 64.0 Å². The number of benzene rings is 2. The van der Waals surface area contributed by atoms with Gasteiger partial charge in [0.1, 0.15) is 11.9 Å². The van der Waals surface area contributed by atoms with Gasteiger partial charge in [-0.1, -0.05) is 38.1 Å². The second-order valence-electron chi connectivity index (χ2n) is 11.3. The van der Waals surface area contributed by atoms with Gasteiger partial charge in [0.15, 0.2) is 0 Å². The maximum atomic E-state index is 15.3. The summed E-state index contributed by atoms with van der Waals surface area (Å²) < 4.78 is 21.2. The zero-order chi connectivity index (χ0) is 22.7. The molecular weight excluding hydrogens is 415 g/mol. The van der Waals surface area contributed by atoms with Crippen molar-refractivity contribution in [1.29, 1.82) is 0 Å². The summed E-state index contributed by atoms with van der Waals surface area (Å²) in [6, 6.07) is 11.7. The van der Waals surface area contributed by atoms with Gasteiger partial charge in [-0.25, -0.2) is 9.18 Å². The van der Waals surface area contributed by atoms with Crippen LogP contribution in [0.25, 0.3) is 11.1 Å². The number of carbonyl (C=O) groups is 1. The van der Waals surface area contributed by atoms with E-state index in [1.807, 2.05) is 18.2 Å². The summed E-state index contributed by atoms with van der Waals surface area (Å²) in [5, 5.41) is 3.10. The molecule has 7 rings (SSSR count). The maximum Gasteiger partial charge on any atom is 0.407 e. The Balaban J connectivity index is 1.21. The lowest BCUT2D eigenvalue weighted by atomic mass is 9.85. The van der Waals surface area contributed by atoms with Crippen LogP contribution in [0.5, 0.6) is 0 Å². The largest absolute Gasteiger partial charge is 0.445 e. The summed E-state index contributed by atoms with van der Waals surface area (Å²) >= 11 is 0. The molecule has 1 N–H and O–H groups in total. The predicted octanol–water partition coefficient (Wildman–Crippen LogP) is 5.81. The van der Waals surface area contributed by atoms with Crippen molar-refractivity contribution in [3.05, 3.63) is 58.9 Å². The van der Waals surface area contributed by atoms with Crippen molar-refractivity contribution >= 4 is 6.09 Å². The van der Waals surface area contributed by atoms with E-state index in [4.69, 9.17) is 4.74 Å². The molecule has 1 saturated carbocycles. The number of rotatable bonds is 4. The van der Waals surface area contributed by atoms with E-state index in [2.05, 4.69) is 36.2 Å². The van der Waals surface area contributed by atoms with Crippen LogP contribution in [0.4, 0.5) is 9.18 Å². The quantitative estimate of drug-likeness (QED) is 0.641. The molecule has 0 aromatic heterocycles. The van der Waals surface area contributed by atoms with Crippen LogP contribution in [0.2, 0.25) is 0 Å². The van der Waals surface area contributed by atoms with Gasteiger partial charge in [-0.15, -0.1) is 0 Å². The van der Waals surface area contributed by atoms with Crippen LogP contribution in [-0.2, 0) is 11.2 Å². The Kier molecular flexibility index (Phi) is 5.02. The van der Waals surface area contributed by atoms with Gasteiger partial charge in [0.25, 0.3) is 0 Å². The van der Waals surface area contributed by atoms with E-state index in [0.29, 0.717) is 17.4 Å². The second kappa shape index (κ2) is 7.83. The molecule has 0 spiro atoms. The Morgan fingerprint density at radius 2 is 1.82 bits per heavy atom. The third-order valence-electron chi connectivity index (χ3n) is 8.35. The number of halogens is 1. The van der Waals surface area contributed by atoms with Crippen LogP contribution in [0.3, 0.4) is 0 Å². The molecule has 1 unspecified atom stereocenters. The van der Waals surface area contributed by atoms with Crippen LogP contribution in [-0.4, -0.2) is 36.7 Å². The van der Waals surface area contributed by atoms with Gasteiger partial charge >= 0.3 is 6.09 Å². The molecule has 2 bridgehead atoms. The molecule has 33 heavy (non-hydrogen) atoms. The van der Waals surface area contributed by atoms with Crippen molar-refractivity contribution in [1.82, 2.24) is 10.2 Å². The monoisotopic (exact) mass is 448 g/mol. The minimum atomic E-state index is -0.375. The number of nitrogens with one attached hydrogen (secondary N) is 1. The topological polar surface area (TPSA) is 41.6 Å². The van der Waals surface area contributed by atoms with Crippen molar-refractivity contribution in [2.24, 2.45) is 11.3 Å². The first-order valence-electron chi connectivity index (χ1n) is 12.5. The fourth-order valence-corrected chi connectivity index (χ4v) is 6.25. The summed E-state index contributed by atoms with van der Waals surface area (Å²) in [5.41, 5.74) is 4.68. The van der Waals surface area contributed by atoms with E-state index >= 15 is 4.39 Å². The molecule has 3 aliphatic heterocycles. The normalized spacial score (nSPS) is 29.5.